The fraction of sp³-hybridized carbons (Fsp3) is 0.0476. The van der Waals surface area contributed by atoms with Crippen molar-refractivity contribution >= 4 is 34.2 Å². The molecule has 0 aliphatic rings. The van der Waals surface area contributed by atoms with E-state index in [1.165, 1.54) is 0 Å². The Kier molecular flexibility index (Phi) is 4.84. The van der Waals surface area contributed by atoms with E-state index in [0.29, 0.717) is 38.2 Å². The van der Waals surface area contributed by atoms with E-state index < -0.39 is 5.63 Å². The average molecular weight is 398 g/mol. The molecule has 0 saturated heterocycles. The number of hydrogen-bond acceptors (Lipinski definition) is 4. The maximum atomic E-state index is 12.3. The minimum atomic E-state index is -0.451. The summed E-state index contributed by atoms with van der Waals surface area (Å²) in [6, 6.07) is 17.7. The third-order valence-electron chi connectivity index (χ3n) is 4.09. The van der Waals surface area contributed by atoms with Crippen molar-refractivity contribution in [3.05, 3.63) is 92.9 Å². The first-order valence-electron chi connectivity index (χ1n) is 8.17. The number of benzene rings is 2. The van der Waals surface area contributed by atoms with Crippen LogP contribution in [-0.2, 0) is 6.61 Å². The molecule has 0 atom stereocenters. The van der Waals surface area contributed by atoms with E-state index in [1.807, 2.05) is 12.1 Å². The van der Waals surface area contributed by atoms with Gasteiger partial charge in [0.25, 0.3) is 0 Å². The van der Waals surface area contributed by atoms with Crippen molar-refractivity contribution < 1.29 is 9.15 Å². The van der Waals surface area contributed by atoms with Gasteiger partial charge in [0.15, 0.2) is 0 Å². The Balaban J connectivity index is 1.64. The summed E-state index contributed by atoms with van der Waals surface area (Å²) < 4.78 is 11.2. The molecule has 0 radical (unpaired) electrons. The largest absolute Gasteiger partial charge is 0.489 e. The van der Waals surface area contributed by atoms with Gasteiger partial charge in [-0.25, -0.2) is 4.79 Å². The van der Waals surface area contributed by atoms with Crippen molar-refractivity contribution in [1.29, 1.82) is 0 Å². The van der Waals surface area contributed by atoms with E-state index >= 15 is 0 Å². The fourth-order valence-electron chi connectivity index (χ4n) is 2.71. The molecule has 4 nitrogen and oxygen atoms in total. The van der Waals surface area contributed by atoms with E-state index in [9.17, 15) is 4.79 Å². The molecule has 0 N–H and O–H groups in total. The molecular formula is C21H13Cl2NO3. The first kappa shape index (κ1) is 17.6. The molecule has 0 fully saturated rings. The molecule has 4 rings (SSSR count). The van der Waals surface area contributed by atoms with Crippen LogP contribution >= 0.6 is 23.2 Å². The molecule has 0 bridgehead atoms. The third kappa shape index (κ3) is 3.68. The highest BCUT2D eigenvalue weighted by Crippen LogP contribution is 2.27. The Morgan fingerprint density at radius 1 is 0.963 bits per heavy atom. The van der Waals surface area contributed by atoms with Crippen LogP contribution < -0.4 is 10.4 Å². The van der Waals surface area contributed by atoms with Crippen molar-refractivity contribution in [2.24, 2.45) is 0 Å². The molecule has 0 aliphatic carbocycles. The standard InChI is InChI=1S/C21H13Cl2NO3/c22-17-4-3-5-18(23)16(17)12-26-14-8-7-13-10-15(19-6-1-2-9-24-19)21(25)27-20(13)11-14/h1-11H,12H2. The number of aromatic nitrogens is 1. The lowest BCUT2D eigenvalue weighted by Gasteiger charge is -2.10. The van der Waals surface area contributed by atoms with Crippen LogP contribution in [0.2, 0.25) is 10.0 Å². The van der Waals surface area contributed by atoms with Crippen LogP contribution in [-0.4, -0.2) is 4.98 Å². The number of pyridine rings is 1. The Morgan fingerprint density at radius 3 is 2.52 bits per heavy atom. The summed E-state index contributed by atoms with van der Waals surface area (Å²) in [7, 11) is 0. The predicted octanol–water partition coefficient (Wildman–Crippen LogP) is 5.74. The van der Waals surface area contributed by atoms with Crippen molar-refractivity contribution in [1.82, 2.24) is 4.98 Å². The van der Waals surface area contributed by atoms with Gasteiger partial charge in [0.1, 0.15) is 17.9 Å². The molecule has 4 aromatic rings. The van der Waals surface area contributed by atoms with Crippen LogP contribution in [0.3, 0.4) is 0 Å². The fourth-order valence-corrected chi connectivity index (χ4v) is 3.21. The lowest BCUT2D eigenvalue weighted by atomic mass is 10.1. The van der Waals surface area contributed by atoms with Crippen molar-refractivity contribution in [2.45, 2.75) is 6.61 Å². The number of hydrogen-bond donors (Lipinski definition) is 0. The van der Waals surface area contributed by atoms with E-state index in [4.69, 9.17) is 32.4 Å². The number of fused-ring (bicyclic) bond motifs is 1. The molecular weight excluding hydrogens is 385 g/mol. The molecule has 0 aliphatic heterocycles. The quantitative estimate of drug-likeness (QED) is 0.412. The molecule has 0 saturated carbocycles. The summed E-state index contributed by atoms with van der Waals surface area (Å²) in [5.41, 5.74) is 1.67. The maximum absolute atomic E-state index is 12.3. The predicted molar refractivity (Wildman–Crippen MR) is 107 cm³/mol. The molecule has 2 aromatic heterocycles. The lowest BCUT2D eigenvalue weighted by molar-refractivity contribution is 0.306. The second-order valence-corrected chi connectivity index (χ2v) is 6.67. The normalized spacial score (nSPS) is 10.9. The zero-order valence-electron chi connectivity index (χ0n) is 14.0. The summed E-state index contributed by atoms with van der Waals surface area (Å²) in [6.45, 7) is 0.209. The van der Waals surface area contributed by atoms with Crippen LogP contribution in [0.4, 0.5) is 0 Å². The van der Waals surface area contributed by atoms with Crippen LogP contribution in [0.1, 0.15) is 5.56 Å². The highest BCUT2D eigenvalue weighted by Gasteiger charge is 2.10. The molecule has 2 heterocycles. The monoisotopic (exact) mass is 397 g/mol. The summed E-state index contributed by atoms with van der Waals surface area (Å²) in [6.07, 6.45) is 1.63. The van der Waals surface area contributed by atoms with E-state index in [2.05, 4.69) is 4.98 Å². The molecule has 0 spiro atoms. The van der Waals surface area contributed by atoms with Crippen molar-refractivity contribution in [3.63, 3.8) is 0 Å². The molecule has 2 aromatic carbocycles. The zero-order valence-corrected chi connectivity index (χ0v) is 15.5. The topological polar surface area (TPSA) is 52.3 Å². The van der Waals surface area contributed by atoms with Crippen LogP contribution in [0, 0.1) is 0 Å². The van der Waals surface area contributed by atoms with Gasteiger partial charge in [0.2, 0.25) is 0 Å². The first-order valence-corrected chi connectivity index (χ1v) is 8.92. The zero-order chi connectivity index (χ0) is 18.8. The number of rotatable bonds is 4. The second-order valence-electron chi connectivity index (χ2n) is 5.85. The second kappa shape index (κ2) is 7.43. The van der Waals surface area contributed by atoms with Crippen molar-refractivity contribution in [2.75, 3.05) is 0 Å². The Labute approximate surface area is 164 Å². The number of nitrogens with zero attached hydrogens (tertiary/aromatic N) is 1. The van der Waals surface area contributed by atoms with Gasteiger partial charge in [0.05, 0.1) is 11.3 Å². The van der Waals surface area contributed by atoms with Gasteiger partial charge in [-0.15, -0.1) is 0 Å². The molecule has 134 valence electrons. The minimum absolute atomic E-state index is 0.209. The summed E-state index contributed by atoms with van der Waals surface area (Å²) in [5, 5.41) is 1.85. The lowest BCUT2D eigenvalue weighted by Crippen LogP contribution is -2.04. The van der Waals surface area contributed by atoms with E-state index in [0.717, 1.165) is 5.39 Å². The van der Waals surface area contributed by atoms with Gasteiger partial charge in [-0.1, -0.05) is 35.3 Å². The van der Waals surface area contributed by atoms with E-state index in [1.54, 1.807) is 54.7 Å². The highest BCUT2D eigenvalue weighted by atomic mass is 35.5. The SMILES string of the molecule is O=c1oc2cc(OCc3c(Cl)cccc3Cl)ccc2cc1-c1ccccn1. The number of halogens is 2. The van der Waals surface area contributed by atoms with Gasteiger partial charge in [-0.3, -0.25) is 4.98 Å². The van der Waals surface area contributed by atoms with Crippen molar-refractivity contribution in [3.8, 4) is 17.0 Å². The Hall–Kier alpha value is -2.82. The summed E-state index contributed by atoms with van der Waals surface area (Å²) in [4.78, 5) is 16.5. The molecule has 27 heavy (non-hydrogen) atoms. The smallest absolute Gasteiger partial charge is 0.345 e. The molecule has 0 amide bonds. The minimum Gasteiger partial charge on any atom is -0.489 e. The third-order valence-corrected chi connectivity index (χ3v) is 4.80. The summed E-state index contributed by atoms with van der Waals surface area (Å²) in [5.74, 6) is 0.548. The highest BCUT2D eigenvalue weighted by molar-refractivity contribution is 6.35. The van der Waals surface area contributed by atoms with Gasteiger partial charge >= 0.3 is 5.63 Å². The van der Waals surface area contributed by atoms with Gasteiger partial charge in [-0.05, 0) is 42.5 Å². The van der Waals surface area contributed by atoms with E-state index in [-0.39, 0.29) is 6.61 Å². The van der Waals surface area contributed by atoms with Gasteiger partial charge in [0, 0.05) is 33.3 Å². The molecule has 6 heteroatoms. The van der Waals surface area contributed by atoms with Gasteiger partial charge in [-0.2, -0.15) is 0 Å². The first-order chi connectivity index (χ1) is 13.1. The Bertz CT molecular complexity index is 1150. The summed E-state index contributed by atoms with van der Waals surface area (Å²) >= 11 is 12.3. The Morgan fingerprint density at radius 2 is 1.78 bits per heavy atom. The van der Waals surface area contributed by atoms with Crippen LogP contribution in [0.15, 0.2) is 76.1 Å². The van der Waals surface area contributed by atoms with Gasteiger partial charge < -0.3 is 9.15 Å². The average Bonchev–Trinajstić information content (AvgIpc) is 2.67. The molecule has 0 unspecified atom stereocenters. The maximum Gasteiger partial charge on any atom is 0.345 e. The number of ether oxygens (including phenoxy) is 1. The van der Waals surface area contributed by atoms with Crippen LogP contribution in [0.5, 0.6) is 5.75 Å². The van der Waals surface area contributed by atoms with Crippen LogP contribution in [0.25, 0.3) is 22.2 Å².